The molecule has 21 heavy (non-hydrogen) atoms. The molecule has 0 saturated heterocycles. The Balaban J connectivity index is 1.44. The van der Waals surface area contributed by atoms with Crippen LogP contribution in [0.1, 0.15) is 49.0 Å². The summed E-state index contributed by atoms with van der Waals surface area (Å²) >= 11 is 5.93. The van der Waals surface area contributed by atoms with Crippen LogP contribution in [0.4, 0.5) is 0 Å². The number of hydrogen-bond donors (Lipinski definition) is 1. The lowest BCUT2D eigenvalue weighted by atomic mass is 9.49. The van der Waals surface area contributed by atoms with E-state index in [9.17, 15) is 4.79 Å². The summed E-state index contributed by atoms with van der Waals surface area (Å²) in [4.78, 5) is 16.4. The Morgan fingerprint density at radius 2 is 1.86 bits per heavy atom. The second-order valence-corrected chi connectivity index (χ2v) is 7.90. The van der Waals surface area contributed by atoms with Gasteiger partial charge >= 0.3 is 0 Å². The van der Waals surface area contributed by atoms with Gasteiger partial charge < -0.3 is 5.32 Å². The second kappa shape index (κ2) is 4.98. The van der Waals surface area contributed by atoms with Gasteiger partial charge in [0.2, 0.25) is 0 Å². The van der Waals surface area contributed by atoms with E-state index in [-0.39, 0.29) is 5.91 Å². The molecule has 1 heterocycles. The highest BCUT2D eigenvalue weighted by molar-refractivity contribution is 6.30. The molecule has 4 aliphatic rings. The number of carbonyl (C=O) groups excluding carboxylic acids is 1. The van der Waals surface area contributed by atoms with Gasteiger partial charge in [0.1, 0.15) is 5.69 Å². The highest BCUT2D eigenvalue weighted by Gasteiger charge is 2.50. The summed E-state index contributed by atoms with van der Waals surface area (Å²) in [7, 11) is 0. The predicted octanol–water partition coefficient (Wildman–Crippen LogP) is 3.68. The van der Waals surface area contributed by atoms with Crippen molar-refractivity contribution in [3.8, 4) is 0 Å². The number of nitrogens with one attached hydrogen (secondary N) is 1. The van der Waals surface area contributed by atoms with Gasteiger partial charge in [0.25, 0.3) is 5.91 Å². The van der Waals surface area contributed by atoms with Crippen LogP contribution in [0.2, 0.25) is 5.02 Å². The molecular formula is C17H21ClN2O. The van der Waals surface area contributed by atoms with Crippen molar-refractivity contribution in [2.45, 2.75) is 38.5 Å². The van der Waals surface area contributed by atoms with Crippen LogP contribution < -0.4 is 5.32 Å². The van der Waals surface area contributed by atoms with E-state index in [2.05, 4.69) is 10.3 Å². The van der Waals surface area contributed by atoms with E-state index in [1.807, 2.05) is 0 Å². The number of aromatic nitrogens is 1. The molecule has 1 aromatic heterocycles. The molecule has 4 aliphatic carbocycles. The SMILES string of the molecule is O=C(NCC12CC3CC(CC(C3)C1)C2)c1cc(Cl)ccn1. The number of carbonyl (C=O) groups is 1. The van der Waals surface area contributed by atoms with Gasteiger partial charge in [-0.3, -0.25) is 9.78 Å². The topological polar surface area (TPSA) is 42.0 Å². The maximum absolute atomic E-state index is 12.3. The number of hydrogen-bond acceptors (Lipinski definition) is 2. The Morgan fingerprint density at radius 3 is 2.43 bits per heavy atom. The van der Waals surface area contributed by atoms with Gasteiger partial charge in [-0.05, 0) is 73.8 Å². The van der Waals surface area contributed by atoms with Gasteiger partial charge in [-0.25, -0.2) is 0 Å². The number of amides is 1. The summed E-state index contributed by atoms with van der Waals surface area (Å²) in [6.45, 7) is 0.809. The first kappa shape index (κ1) is 13.6. The van der Waals surface area contributed by atoms with Crippen LogP contribution in [0.15, 0.2) is 18.3 Å². The molecule has 3 nitrogen and oxygen atoms in total. The monoisotopic (exact) mass is 304 g/mol. The highest BCUT2D eigenvalue weighted by atomic mass is 35.5. The lowest BCUT2D eigenvalue weighted by Crippen LogP contribution is -2.51. The molecule has 4 bridgehead atoms. The van der Waals surface area contributed by atoms with Crippen molar-refractivity contribution in [3.63, 3.8) is 0 Å². The first-order chi connectivity index (χ1) is 10.1. The van der Waals surface area contributed by atoms with Gasteiger partial charge in [0.15, 0.2) is 0 Å². The molecule has 4 heteroatoms. The highest BCUT2D eigenvalue weighted by Crippen LogP contribution is 2.59. The average molecular weight is 305 g/mol. The standard InChI is InChI=1S/C17H21ClN2O/c18-14-1-2-19-15(6-14)16(21)20-10-17-7-11-3-12(8-17)5-13(4-11)9-17/h1-2,6,11-13H,3-5,7-10H2,(H,20,21). The van der Waals surface area contributed by atoms with Crippen LogP contribution in [0.3, 0.4) is 0 Å². The fraction of sp³-hybridized carbons (Fsp3) is 0.647. The largest absolute Gasteiger partial charge is 0.350 e. The van der Waals surface area contributed by atoms with Crippen LogP contribution in [0.5, 0.6) is 0 Å². The summed E-state index contributed by atoms with van der Waals surface area (Å²) in [5.74, 6) is 2.65. The second-order valence-electron chi connectivity index (χ2n) is 7.46. The summed E-state index contributed by atoms with van der Waals surface area (Å²) in [6.07, 6.45) is 9.81. The fourth-order valence-electron chi connectivity index (χ4n) is 5.39. The lowest BCUT2D eigenvalue weighted by molar-refractivity contribution is -0.0503. The van der Waals surface area contributed by atoms with E-state index in [0.29, 0.717) is 16.1 Å². The smallest absolute Gasteiger partial charge is 0.269 e. The van der Waals surface area contributed by atoms with Crippen molar-refractivity contribution in [1.29, 1.82) is 0 Å². The van der Waals surface area contributed by atoms with E-state index in [4.69, 9.17) is 11.6 Å². The number of halogens is 1. The van der Waals surface area contributed by atoms with Crippen molar-refractivity contribution in [1.82, 2.24) is 10.3 Å². The molecule has 4 saturated carbocycles. The van der Waals surface area contributed by atoms with E-state index >= 15 is 0 Å². The van der Waals surface area contributed by atoms with Crippen LogP contribution in [0.25, 0.3) is 0 Å². The number of nitrogens with zero attached hydrogens (tertiary/aromatic N) is 1. The molecule has 0 atom stereocenters. The molecular weight excluding hydrogens is 284 g/mol. The minimum absolute atomic E-state index is 0.0896. The fourth-order valence-corrected chi connectivity index (χ4v) is 5.55. The summed E-state index contributed by atoms with van der Waals surface area (Å²) < 4.78 is 0. The zero-order chi connectivity index (χ0) is 14.4. The summed E-state index contributed by atoms with van der Waals surface area (Å²) in [6, 6.07) is 3.33. The van der Waals surface area contributed by atoms with Gasteiger partial charge in [-0.15, -0.1) is 0 Å². The van der Waals surface area contributed by atoms with Gasteiger partial charge in [0.05, 0.1) is 0 Å². The van der Waals surface area contributed by atoms with Gasteiger partial charge in [-0.1, -0.05) is 11.6 Å². The van der Waals surface area contributed by atoms with Gasteiger partial charge in [-0.2, -0.15) is 0 Å². The van der Waals surface area contributed by atoms with Crippen molar-refractivity contribution < 1.29 is 4.79 Å². The molecule has 5 rings (SSSR count). The molecule has 0 aromatic carbocycles. The first-order valence-corrected chi connectivity index (χ1v) is 8.39. The Kier molecular flexibility index (Phi) is 3.21. The quantitative estimate of drug-likeness (QED) is 0.925. The molecule has 0 aliphatic heterocycles. The maximum atomic E-state index is 12.3. The van der Waals surface area contributed by atoms with E-state index < -0.39 is 0 Å². The normalized spacial score (nSPS) is 36.7. The Labute approximate surface area is 130 Å². The zero-order valence-electron chi connectivity index (χ0n) is 12.1. The van der Waals surface area contributed by atoms with E-state index in [1.165, 1.54) is 38.5 Å². The van der Waals surface area contributed by atoms with Crippen molar-refractivity contribution in [2.24, 2.45) is 23.2 Å². The Hall–Kier alpha value is -1.09. The van der Waals surface area contributed by atoms with Crippen molar-refractivity contribution in [2.75, 3.05) is 6.54 Å². The van der Waals surface area contributed by atoms with Crippen molar-refractivity contribution in [3.05, 3.63) is 29.0 Å². The van der Waals surface area contributed by atoms with E-state index in [0.717, 1.165) is 24.3 Å². The van der Waals surface area contributed by atoms with Crippen LogP contribution in [0, 0.1) is 23.2 Å². The molecule has 0 spiro atoms. The lowest BCUT2D eigenvalue weighted by Gasteiger charge is -2.56. The third kappa shape index (κ3) is 2.57. The minimum Gasteiger partial charge on any atom is -0.350 e. The Bertz CT molecular complexity index is 536. The van der Waals surface area contributed by atoms with Crippen LogP contribution in [-0.2, 0) is 0 Å². The third-order valence-corrected chi connectivity index (χ3v) is 5.98. The Morgan fingerprint density at radius 1 is 1.24 bits per heavy atom. The average Bonchev–Trinajstić information content (AvgIpc) is 2.43. The minimum atomic E-state index is -0.0896. The molecule has 1 aromatic rings. The van der Waals surface area contributed by atoms with Crippen molar-refractivity contribution >= 4 is 17.5 Å². The predicted molar refractivity (Wildman–Crippen MR) is 82.2 cm³/mol. The summed E-state index contributed by atoms with van der Waals surface area (Å²) in [5.41, 5.74) is 0.787. The van der Waals surface area contributed by atoms with Gasteiger partial charge in [0, 0.05) is 17.8 Å². The molecule has 1 N–H and O–H groups in total. The van der Waals surface area contributed by atoms with Crippen LogP contribution in [-0.4, -0.2) is 17.4 Å². The third-order valence-electron chi connectivity index (χ3n) is 5.74. The number of pyridine rings is 1. The van der Waals surface area contributed by atoms with Crippen LogP contribution >= 0.6 is 11.6 Å². The molecule has 4 fully saturated rings. The molecule has 112 valence electrons. The maximum Gasteiger partial charge on any atom is 0.269 e. The first-order valence-electron chi connectivity index (χ1n) is 8.02. The number of rotatable bonds is 3. The van der Waals surface area contributed by atoms with E-state index in [1.54, 1.807) is 18.3 Å². The molecule has 1 amide bonds. The molecule has 0 radical (unpaired) electrons. The molecule has 0 unspecified atom stereocenters. The summed E-state index contributed by atoms with van der Waals surface area (Å²) in [5, 5.41) is 3.68. The zero-order valence-corrected chi connectivity index (χ0v) is 12.9.